The average Bonchev–Trinajstić information content (AvgIpc) is 2.62. The Morgan fingerprint density at radius 2 is 2.00 bits per heavy atom. The topological polar surface area (TPSA) is 3.88 Å². The lowest BCUT2D eigenvalue weighted by Gasteiger charge is -2.39. The standard InChI is InChI=1S/C15H24NS/c1-6-7-13-15(14-11(4)8-12(14)5)16(9-17-13)10(2)3/h6-7,9-12,14H,8H2,1-5H3/q+1/b7-6-. The van der Waals surface area contributed by atoms with Gasteiger partial charge >= 0.3 is 0 Å². The van der Waals surface area contributed by atoms with Gasteiger partial charge in [0.2, 0.25) is 11.2 Å². The van der Waals surface area contributed by atoms with E-state index in [1.807, 2.05) is 11.3 Å². The molecule has 2 rings (SSSR count). The maximum atomic E-state index is 2.48. The van der Waals surface area contributed by atoms with Gasteiger partial charge in [0.1, 0.15) is 0 Å². The van der Waals surface area contributed by atoms with Crippen LogP contribution in [0.25, 0.3) is 6.08 Å². The van der Waals surface area contributed by atoms with Gasteiger partial charge in [-0.2, -0.15) is 4.57 Å². The van der Waals surface area contributed by atoms with E-state index in [2.05, 4.69) is 56.8 Å². The summed E-state index contributed by atoms with van der Waals surface area (Å²) >= 11 is 1.89. The van der Waals surface area contributed by atoms with Gasteiger partial charge in [0.15, 0.2) is 6.04 Å². The van der Waals surface area contributed by atoms with Crippen molar-refractivity contribution in [3.63, 3.8) is 0 Å². The molecule has 0 N–H and O–H groups in total. The fraction of sp³-hybridized carbons (Fsp3) is 0.667. The number of nitrogens with zero attached hydrogens (tertiary/aromatic N) is 1. The molecule has 0 radical (unpaired) electrons. The van der Waals surface area contributed by atoms with Gasteiger partial charge in [0, 0.05) is 0 Å². The molecule has 2 unspecified atom stereocenters. The Kier molecular flexibility index (Phi) is 3.72. The van der Waals surface area contributed by atoms with Crippen molar-refractivity contribution < 1.29 is 4.57 Å². The maximum Gasteiger partial charge on any atom is 0.225 e. The molecule has 17 heavy (non-hydrogen) atoms. The molecule has 0 aliphatic heterocycles. The number of rotatable bonds is 3. The third-order valence-electron chi connectivity index (χ3n) is 3.98. The van der Waals surface area contributed by atoms with Crippen molar-refractivity contribution in [2.75, 3.05) is 0 Å². The van der Waals surface area contributed by atoms with Gasteiger partial charge in [-0.1, -0.05) is 31.3 Å². The molecule has 1 saturated carbocycles. The Morgan fingerprint density at radius 1 is 1.35 bits per heavy atom. The van der Waals surface area contributed by atoms with E-state index < -0.39 is 0 Å². The Labute approximate surface area is 109 Å². The SMILES string of the molecule is C/C=C\c1sc[n+](C(C)C)c1C1C(C)CC1C. The summed E-state index contributed by atoms with van der Waals surface area (Å²) in [5.41, 5.74) is 3.88. The first-order valence-electron chi connectivity index (χ1n) is 6.71. The van der Waals surface area contributed by atoms with Gasteiger partial charge < -0.3 is 0 Å². The third-order valence-corrected chi connectivity index (χ3v) is 4.92. The van der Waals surface area contributed by atoms with Crippen LogP contribution < -0.4 is 4.57 Å². The van der Waals surface area contributed by atoms with Crippen LogP contribution >= 0.6 is 11.3 Å². The van der Waals surface area contributed by atoms with Gasteiger partial charge in [0.25, 0.3) is 0 Å². The maximum absolute atomic E-state index is 2.48. The van der Waals surface area contributed by atoms with Crippen LogP contribution in [0.4, 0.5) is 0 Å². The quantitative estimate of drug-likeness (QED) is 0.700. The number of hydrogen-bond acceptors (Lipinski definition) is 1. The molecule has 94 valence electrons. The van der Waals surface area contributed by atoms with Crippen molar-refractivity contribution in [3.8, 4) is 0 Å². The summed E-state index contributed by atoms with van der Waals surface area (Å²) in [7, 11) is 0. The van der Waals surface area contributed by atoms with Crippen LogP contribution in [0.15, 0.2) is 11.6 Å². The van der Waals surface area contributed by atoms with Crippen molar-refractivity contribution >= 4 is 17.4 Å². The second-order valence-electron chi connectivity index (χ2n) is 5.69. The summed E-state index contributed by atoms with van der Waals surface area (Å²) in [5.74, 6) is 2.44. The Morgan fingerprint density at radius 3 is 2.47 bits per heavy atom. The first kappa shape index (κ1) is 12.8. The molecule has 1 aliphatic rings. The molecule has 2 atom stereocenters. The summed E-state index contributed by atoms with van der Waals surface area (Å²) < 4.78 is 2.48. The molecule has 1 heterocycles. The van der Waals surface area contributed by atoms with Crippen LogP contribution in [0, 0.1) is 11.8 Å². The average molecular weight is 250 g/mol. The highest BCUT2D eigenvalue weighted by molar-refractivity contribution is 7.10. The summed E-state index contributed by atoms with van der Waals surface area (Å²) in [4.78, 5) is 1.46. The molecule has 1 aromatic heterocycles. The summed E-state index contributed by atoms with van der Waals surface area (Å²) in [6.45, 7) is 11.5. The lowest BCUT2D eigenvalue weighted by atomic mass is 9.64. The van der Waals surface area contributed by atoms with Gasteiger partial charge in [-0.15, -0.1) is 0 Å². The Balaban J connectivity index is 2.44. The second kappa shape index (κ2) is 4.93. The van der Waals surface area contributed by atoms with Crippen LogP contribution in [0.3, 0.4) is 0 Å². The second-order valence-corrected chi connectivity index (χ2v) is 6.58. The molecule has 0 aromatic carbocycles. The summed E-state index contributed by atoms with van der Waals surface area (Å²) in [6.07, 6.45) is 5.82. The molecule has 1 aliphatic carbocycles. The van der Waals surface area contributed by atoms with Crippen molar-refractivity contribution in [2.45, 2.75) is 53.0 Å². The highest BCUT2D eigenvalue weighted by Gasteiger charge is 2.43. The highest BCUT2D eigenvalue weighted by Crippen LogP contribution is 2.48. The largest absolute Gasteiger partial charge is 0.225 e. The molecule has 1 nitrogen and oxygen atoms in total. The minimum atomic E-state index is 0.570. The van der Waals surface area contributed by atoms with E-state index in [-0.39, 0.29) is 0 Å². The highest BCUT2D eigenvalue weighted by atomic mass is 32.1. The molecule has 1 aromatic rings. The smallest absolute Gasteiger partial charge is 0.190 e. The molecule has 1 fully saturated rings. The summed E-state index contributed by atoms with van der Waals surface area (Å²) in [6, 6.07) is 0.570. The van der Waals surface area contributed by atoms with Crippen LogP contribution in [0.5, 0.6) is 0 Å². The van der Waals surface area contributed by atoms with E-state index in [9.17, 15) is 0 Å². The number of hydrogen-bond donors (Lipinski definition) is 0. The van der Waals surface area contributed by atoms with Crippen LogP contribution in [-0.2, 0) is 0 Å². The Bertz CT molecular complexity index is 409. The van der Waals surface area contributed by atoms with Crippen molar-refractivity contribution in [1.82, 2.24) is 0 Å². The third kappa shape index (κ3) is 2.20. The van der Waals surface area contributed by atoms with E-state index in [4.69, 9.17) is 0 Å². The normalized spacial score (nSPS) is 28.9. The van der Waals surface area contributed by atoms with Gasteiger partial charge in [0.05, 0.1) is 10.8 Å². The zero-order chi connectivity index (χ0) is 12.6. The van der Waals surface area contributed by atoms with Crippen molar-refractivity contribution in [2.24, 2.45) is 11.8 Å². The van der Waals surface area contributed by atoms with E-state index in [0.29, 0.717) is 6.04 Å². The molecule has 0 spiro atoms. The molecule has 0 bridgehead atoms. The monoisotopic (exact) mass is 250 g/mol. The first-order chi connectivity index (χ1) is 8.06. The number of thiazole rings is 1. The molecular formula is C15H24NS+. The van der Waals surface area contributed by atoms with E-state index in [0.717, 1.165) is 17.8 Å². The molecule has 2 heteroatoms. The molecule has 0 amide bonds. The Hall–Kier alpha value is -0.630. The van der Waals surface area contributed by atoms with Crippen molar-refractivity contribution in [1.29, 1.82) is 0 Å². The van der Waals surface area contributed by atoms with Gasteiger partial charge in [-0.05, 0) is 45.1 Å². The van der Waals surface area contributed by atoms with Crippen LogP contribution in [-0.4, -0.2) is 0 Å². The number of aromatic nitrogens is 1. The van der Waals surface area contributed by atoms with E-state index >= 15 is 0 Å². The minimum absolute atomic E-state index is 0.570. The minimum Gasteiger partial charge on any atom is -0.190 e. The summed E-state index contributed by atoms with van der Waals surface area (Å²) in [5, 5.41) is 0. The lowest BCUT2D eigenvalue weighted by molar-refractivity contribution is -0.721. The zero-order valence-electron chi connectivity index (χ0n) is 11.6. The first-order valence-corrected chi connectivity index (χ1v) is 7.59. The van der Waals surface area contributed by atoms with Gasteiger partial charge in [-0.3, -0.25) is 0 Å². The molecule has 0 saturated heterocycles. The number of allylic oxidation sites excluding steroid dienone is 1. The van der Waals surface area contributed by atoms with E-state index in [1.165, 1.54) is 11.3 Å². The molecular weight excluding hydrogens is 226 g/mol. The van der Waals surface area contributed by atoms with Crippen molar-refractivity contribution in [3.05, 3.63) is 22.2 Å². The predicted octanol–water partition coefficient (Wildman–Crippen LogP) is 4.41. The van der Waals surface area contributed by atoms with Crippen LogP contribution in [0.1, 0.15) is 63.6 Å². The zero-order valence-corrected chi connectivity index (χ0v) is 12.4. The lowest BCUT2D eigenvalue weighted by Crippen LogP contribution is -2.45. The van der Waals surface area contributed by atoms with Crippen LogP contribution in [0.2, 0.25) is 0 Å². The fourth-order valence-electron chi connectivity index (χ4n) is 3.15. The predicted molar refractivity (Wildman–Crippen MR) is 75.3 cm³/mol. The van der Waals surface area contributed by atoms with E-state index in [1.54, 1.807) is 5.69 Å². The van der Waals surface area contributed by atoms with Gasteiger partial charge in [-0.25, -0.2) is 0 Å². The fourth-order valence-corrected chi connectivity index (χ4v) is 4.31.